The van der Waals surface area contributed by atoms with Gasteiger partial charge in [-0.3, -0.25) is 15.0 Å². The first-order valence-corrected chi connectivity index (χ1v) is 12.8. The predicted octanol–water partition coefficient (Wildman–Crippen LogP) is 5.73. The van der Waals surface area contributed by atoms with Gasteiger partial charge in [-0.15, -0.1) is 0 Å². The molecule has 0 unspecified atom stereocenters. The summed E-state index contributed by atoms with van der Waals surface area (Å²) >= 11 is 9.88. The predicted molar refractivity (Wildman–Crippen MR) is 147 cm³/mol. The number of nitrogens with one attached hydrogen (secondary N) is 1. The molecule has 4 rings (SSSR count). The Morgan fingerprint density at radius 3 is 2.46 bits per heavy atom. The van der Waals surface area contributed by atoms with E-state index in [2.05, 4.69) is 21.4 Å². The first-order chi connectivity index (χ1) is 17.8. The molecule has 0 aromatic heterocycles. The molecular weight excluding hydrogens is 583 g/mol. The van der Waals surface area contributed by atoms with Gasteiger partial charge in [0.15, 0.2) is 15.8 Å². The number of rotatable bonds is 8. The van der Waals surface area contributed by atoms with Crippen LogP contribution < -0.4 is 19.6 Å². The van der Waals surface area contributed by atoms with Crippen LogP contribution in [0, 0.1) is 5.82 Å². The molecule has 0 atom stereocenters. The van der Waals surface area contributed by atoms with Gasteiger partial charge >= 0.3 is 0 Å². The van der Waals surface area contributed by atoms with E-state index < -0.39 is 11.8 Å². The van der Waals surface area contributed by atoms with Crippen LogP contribution >= 0.6 is 39.9 Å². The summed E-state index contributed by atoms with van der Waals surface area (Å²) in [6, 6.07) is 16.0. The highest BCUT2D eigenvalue weighted by atomic mass is 79.9. The third-order valence-electron chi connectivity index (χ3n) is 5.21. The lowest BCUT2D eigenvalue weighted by molar-refractivity contribution is -0.123. The van der Waals surface area contributed by atoms with Crippen molar-refractivity contribution in [1.82, 2.24) is 10.4 Å². The van der Waals surface area contributed by atoms with Gasteiger partial charge in [-0.1, -0.05) is 23.9 Å². The average molecular weight is 603 g/mol. The number of ether oxygens (including phenoxy) is 3. The van der Waals surface area contributed by atoms with E-state index >= 15 is 0 Å². The standard InChI is InChI=1S/C26H20BrFN2O5S2/c1-33-19-9-5-17(6-10-19)24(31)29-30-25(32)22(37-26(30)36)13-16-11-20(27)23(21(12-16)34-2)35-14-15-3-7-18(28)8-4-15/h3-13H,14H2,1-2H3,(H,29,31)/b22-13+. The Kier molecular flexibility index (Phi) is 8.47. The van der Waals surface area contributed by atoms with Gasteiger partial charge in [0.1, 0.15) is 18.2 Å². The monoisotopic (exact) mass is 602 g/mol. The average Bonchev–Trinajstić information content (AvgIpc) is 3.15. The number of carbonyl (C=O) groups excluding carboxylic acids is 2. The molecule has 1 fully saturated rings. The number of hydrazine groups is 1. The summed E-state index contributed by atoms with van der Waals surface area (Å²) in [4.78, 5) is 25.9. The summed E-state index contributed by atoms with van der Waals surface area (Å²) in [5, 5.41) is 1.05. The molecule has 0 spiro atoms. The second-order valence-corrected chi connectivity index (χ2v) is 10.2. The first kappa shape index (κ1) is 26.6. The van der Waals surface area contributed by atoms with Crippen molar-refractivity contribution in [2.24, 2.45) is 0 Å². The number of nitrogens with zero attached hydrogens (tertiary/aromatic N) is 1. The van der Waals surface area contributed by atoms with Crippen LogP contribution in [-0.4, -0.2) is 35.4 Å². The van der Waals surface area contributed by atoms with Gasteiger partial charge in [-0.25, -0.2) is 4.39 Å². The molecule has 2 amide bonds. The van der Waals surface area contributed by atoms with Crippen molar-refractivity contribution < 1.29 is 28.2 Å². The molecular formula is C26H20BrFN2O5S2. The maximum atomic E-state index is 13.2. The number of hydrogen-bond acceptors (Lipinski definition) is 7. The van der Waals surface area contributed by atoms with Crippen LogP contribution in [0.15, 0.2) is 70.0 Å². The van der Waals surface area contributed by atoms with E-state index in [9.17, 15) is 14.0 Å². The van der Waals surface area contributed by atoms with E-state index in [4.69, 9.17) is 26.4 Å². The summed E-state index contributed by atoms with van der Waals surface area (Å²) < 4.78 is 30.4. The number of hydrogen-bond donors (Lipinski definition) is 1. The molecule has 7 nitrogen and oxygen atoms in total. The van der Waals surface area contributed by atoms with Crippen molar-refractivity contribution in [3.63, 3.8) is 0 Å². The lowest BCUT2D eigenvalue weighted by Crippen LogP contribution is -2.44. The SMILES string of the molecule is COc1ccc(C(=O)NN2C(=O)/C(=C\c3cc(Br)c(OCc4ccc(F)cc4)c(OC)c3)SC2=S)cc1. The zero-order valence-corrected chi connectivity index (χ0v) is 22.8. The van der Waals surface area contributed by atoms with E-state index in [-0.39, 0.29) is 16.7 Å². The van der Waals surface area contributed by atoms with Crippen molar-refractivity contribution in [3.8, 4) is 17.2 Å². The van der Waals surface area contributed by atoms with Crippen LogP contribution in [0.1, 0.15) is 21.5 Å². The lowest BCUT2D eigenvalue weighted by Gasteiger charge is -2.15. The zero-order valence-electron chi connectivity index (χ0n) is 19.6. The molecule has 1 N–H and O–H groups in total. The Morgan fingerprint density at radius 2 is 1.81 bits per heavy atom. The maximum absolute atomic E-state index is 13.2. The third kappa shape index (κ3) is 6.30. The molecule has 37 heavy (non-hydrogen) atoms. The molecule has 3 aromatic rings. The molecule has 0 radical (unpaired) electrons. The Hall–Kier alpha value is -3.41. The van der Waals surface area contributed by atoms with Crippen molar-refractivity contribution in [2.75, 3.05) is 14.2 Å². The van der Waals surface area contributed by atoms with E-state index in [1.54, 1.807) is 54.6 Å². The summed E-state index contributed by atoms with van der Waals surface area (Å²) in [5.74, 6) is 0.251. The summed E-state index contributed by atoms with van der Waals surface area (Å²) in [5.41, 5.74) is 4.35. The maximum Gasteiger partial charge on any atom is 0.285 e. The molecule has 1 saturated heterocycles. The molecule has 11 heteroatoms. The van der Waals surface area contributed by atoms with Crippen LogP contribution in [0.2, 0.25) is 0 Å². The highest BCUT2D eigenvalue weighted by Crippen LogP contribution is 2.39. The fraction of sp³-hybridized carbons (Fsp3) is 0.115. The second-order valence-electron chi connectivity index (χ2n) is 7.64. The van der Waals surface area contributed by atoms with E-state index in [0.29, 0.717) is 37.8 Å². The third-order valence-corrected chi connectivity index (χ3v) is 7.10. The minimum atomic E-state index is -0.479. The number of methoxy groups -OCH3 is 2. The number of halogens is 2. The van der Waals surface area contributed by atoms with Crippen LogP contribution in [0.5, 0.6) is 17.2 Å². The summed E-state index contributed by atoms with van der Waals surface area (Å²) in [6.45, 7) is 0.209. The summed E-state index contributed by atoms with van der Waals surface area (Å²) in [7, 11) is 3.04. The van der Waals surface area contributed by atoms with Crippen LogP contribution in [0.3, 0.4) is 0 Å². The smallest absolute Gasteiger partial charge is 0.285 e. The van der Waals surface area contributed by atoms with Crippen LogP contribution in [0.4, 0.5) is 4.39 Å². The quantitative estimate of drug-likeness (QED) is 0.260. The van der Waals surface area contributed by atoms with E-state index in [1.807, 2.05) is 0 Å². The number of benzene rings is 3. The fourth-order valence-corrected chi connectivity index (χ4v) is 5.08. The Balaban J connectivity index is 1.49. The van der Waals surface area contributed by atoms with Gasteiger partial charge in [0.05, 0.1) is 23.6 Å². The normalized spacial score (nSPS) is 14.2. The minimum absolute atomic E-state index is 0.198. The molecule has 1 aliphatic heterocycles. The molecule has 0 saturated carbocycles. The molecule has 3 aromatic carbocycles. The van der Waals surface area contributed by atoms with Crippen LogP contribution in [-0.2, 0) is 11.4 Å². The molecule has 1 aliphatic rings. The van der Waals surface area contributed by atoms with Crippen molar-refractivity contribution in [2.45, 2.75) is 6.61 Å². The Morgan fingerprint density at radius 1 is 1.11 bits per heavy atom. The van der Waals surface area contributed by atoms with Crippen LogP contribution in [0.25, 0.3) is 6.08 Å². The number of amides is 2. The summed E-state index contributed by atoms with van der Waals surface area (Å²) in [6.07, 6.45) is 1.65. The van der Waals surface area contributed by atoms with Crippen molar-refractivity contribution in [1.29, 1.82) is 0 Å². The van der Waals surface area contributed by atoms with Gasteiger partial charge in [0, 0.05) is 5.56 Å². The molecule has 0 bridgehead atoms. The highest BCUT2D eigenvalue weighted by Gasteiger charge is 2.34. The number of thiocarbonyl (C=S) groups is 1. The van der Waals surface area contributed by atoms with Gasteiger partial charge in [-0.05, 0) is 93.9 Å². The van der Waals surface area contributed by atoms with Gasteiger partial charge in [-0.2, -0.15) is 5.01 Å². The second kappa shape index (κ2) is 11.8. The topological polar surface area (TPSA) is 77.1 Å². The molecule has 1 heterocycles. The molecule has 190 valence electrons. The minimum Gasteiger partial charge on any atom is -0.497 e. The Labute approximate surface area is 230 Å². The van der Waals surface area contributed by atoms with E-state index in [0.717, 1.165) is 22.3 Å². The number of carbonyl (C=O) groups is 2. The van der Waals surface area contributed by atoms with Crippen molar-refractivity contribution >= 4 is 62.1 Å². The van der Waals surface area contributed by atoms with Gasteiger partial charge in [0.2, 0.25) is 0 Å². The van der Waals surface area contributed by atoms with Gasteiger partial charge in [0.25, 0.3) is 11.8 Å². The first-order valence-electron chi connectivity index (χ1n) is 10.8. The molecule has 0 aliphatic carbocycles. The lowest BCUT2D eigenvalue weighted by atomic mass is 10.1. The van der Waals surface area contributed by atoms with Crippen molar-refractivity contribution in [3.05, 3.63) is 92.5 Å². The van der Waals surface area contributed by atoms with Gasteiger partial charge < -0.3 is 14.2 Å². The number of thioether (sulfide) groups is 1. The highest BCUT2D eigenvalue weighted by molar-refractivity contribution is 9.10. The largest absolute Gasteiger partial charge is 0.497 e. The zero-order chi connectivity index (χ0) is 26.5. The Bertz CT molecular complexity index is 1380. The fourth-order valence-electron chi connectivity index (χ4n) is 3.32. The van der Waals surface area contributed by atoms with E-state index in [1.165, 1.54) is 26.4 Å².